The summed E-state index contributed by atoms with van der Waals surface area (Å²) in [6.07, 6.45) is -3.38. The van der Waals surface area contributed by atoms with Crippen molar-refractivity contribution in [3.8, 4) is 0 Å². The molecular formula is C13H19F3N2O3. The Morgan fingerprint density at radius 3 is 2.38 bits per heavy atom. The molecule has 0 spiro atoms. The molecule has 0 aromatic carbocycles. The van der Waals surface area contributed by atoms with Gasteiger partial charge in [-0.05, 0) is 32.1 Å². The zero-order chi connectivity index (χ0) is 15.8. The number of halogens is 3. The maximum Gasteiger partial charge on any atom is 0.406 e. The van der Waals surface area contributed by atoms with Crippen LogP contribution in [-0.4, -0.2) is 59.3 Å². The van der Waals surface area contributed by atoms with E-state index < -0.39 is 36.6 Å². The smallest absolute Gasteiger partial charge is 0.406 e. The Hall–Kier alpha value is -1.47. The molecule has 1 unspecified atom stereocenters. The molecule has 2 rings (SSSR count). The predicted octanol–water partition coefficient (Wildman–Crippen LogP) is 2.18. The van der Waals surface area contributed by atoms with Crippen LogP contribution in [0.4, 0.5) is 18.0 Å². The van der Waals surface area contributed by atoms with Gasteiger partial charge in [0.2, 0.25) is 0 Å². The van der Waals surface area contributed by atoms with Gasteiger partial charge in [-0.15, -0.1) is 0 Å². The molecule has 1 heterocycles. The summed E-state index contributed by atoms with van der Waals surface area (Å²) >= 11 is 0. The predicted molar refractivity (Wildman–Crippen MR) is 67.7 cm³/mol. The molecule has 2 fully saturated rings. The lowest BCUT2D eigenvalue weighted by Gasteiger charge is -2.30. The van der Waals surface area contributed by atoms with Crippen LogP contribution < -0.4 is 0 Å². The maximum absolute atomic E-state index is 13.1. The van der Waals surface area contributed by atoms with E-state index >= 15 is 0 Å². The monoisotopic (exact) mass is 308 g/mol. The number of hydrogen-bond acceptors (Lipinski definition) is 2. The quantitative estimate of drug-likeness (QED) is 0.866. The number of alkyl halides is 3. The Balaban J connectivity index is 2.09. The molecule has 1 saturated heterocycles. The van der Waals surface area contributed by atoms with Crippen LogP contribution in [0.1, 0.15) is 26.2 Å². The second kappa shape index (κ2) is 5.38. The van der Waals surface area contributed by atoms with Crippen LogP contribution in [0.15, 0.2) is 0 Å². The van der Waals surface area contributed by atoms with Crippen LogP contribution in [-0.2, 0) is 4.79 Å². The lowest BCUT2D eigenvalue weighted by molar-refractivity contribution is -0.227. The number of carboxylic acid groups (broad SMARTS) is 1. The van der Waals surface area contributed by atoms with Gasteiger partial charge in [0.05, 0.1) is 0 Å². The average molecular weight is 308 g/mol. The highest BCUT2D eigenvalue weighted by molar-refractivity contribution is 5.80. The molecule has 1 aliphatic heterocycles. The third-order valence-corrected chi connectivity index (χ3v) is 4.32. The molecule has 5 nitrogen and oxygen atoms in total. The summed E-state index contributed by atoms with van der Waals surface area (Å²) in [5.41, 5.74) is -2.83. The van der Waals surface area contributed by atoms with Crippen LogP contribution >= 0.6 is 0 Å². The number of urea groups is 1. The van der Waals surface area contributed by atoms with Crippen LogP contribution in [0.3, 0.4) is 0 Å². The molecule has 8 heteroatoms. The minimum Gasteiger partial charge on any atom is -0.481 e. The highest BCUT2D eigenvalue weighted by atomic mass is 19.4. The van der Waals surface area contributed by atoms with Gasteiger partial charge in [0.15, 0.2) is 5.41 Å². The normalized spacial score (nSPS) is 26.0. The van der Waals surface area contributed by atoms with Gasteiger partial charge < -0.3 is 14.9 Å². The summed E-state index contributed by atoms with van der Waals surface area (Å²) in [4.78, 5) is 25.9. The summed E-state index contributed by atoms with van der Waals surface area (Å²) in [5.74, 6) is -1.47. The number of likely N-dealkylation sites (tertiary alicyclic amines) is 1. The summed E-state index contributed by atoms with van der Waals surface area (Å²) in [6.45, 7) is 1.75. The number of amides is 2. The van der Waals surface area contributed by atoms with E-state index in [1.165, 1.54) is 4.90 Å². The highest BCUT2D eigenvalue weighted by Gasteiger charge is 2.64. The number of nitrogens with zero attached hydrogens (tertiary/aromatic N) is 2. The number of hydrogen-bond donors (Lipinski definition) is 1. The van der Waals surface area contributed by atoms with Gasteiger partial charge in [-0.25, -0.2) is 4.79 Å². The minimum absolute atomic E-state index is 0.175. The molecule has 0 bridgehead atoms. The maximum atomic E-state index is 13.1. The van der Waals surface area contributed by atoms with Crippen molar-refractivity contribution in [3.63, 3.8) is 0 Å². The average Bonchev–Trinajstić information content (AvgIpc) is 3.07. The molecule has 1 aliphatic carbocycles. The number of carbonyl (C=O) groups excluding carboxylic acids is 1. The first-order valence-corrected chi connectivity index (χ1v) is 7.05. The summed E-state index contributed by atoms with van der Waals surface area (Å²) < 4.78 is 39.2. The molecule has 0 aromatic heterocycles. The van der Waals surface area contributed by atoms with E-state index in [1.807, 2.05) is 0 Å². The van der Waals surface area contributed by atoms with Crippen molar-refractivity contribution in [1.29, 1.82) is 0 Å². The lowest BCUT2D eigenvalue weighted by atomic mass is 9.86. The Morgan fingerprint density at radius 2 is 2.00 bits per heavy atom. The highest BCUT2D eigenvalue weighted by Crippen LogP contribution is 2.46. The summed E-state index contributed by atoms with van der Waals surface area (Å²) in [7, 11) is 0. The molecular weight excluding hydrogens is 289 g/mol. The van der Waals surface area contributed by atoms with E-state index in [1.54, 1.807) is 6.92 Å². The van der Waals surface area contributed by atoms with Crippen LogP contribution in [0.5, 0.6) is 0 Å². The SMILES string of the molecule is CCN(CC1CC1)C(=O)N1CCC(C(=O)O)(C(F)(F)F)C1. The second-order valence-electron chi connectivity index (χ2n) is 5.82. The molecule has 0 radical (unpaired) electrons. The van der Waals surface area contributed by atoms with Crippen LogP contribution in [0.25, 0.3) is 0 Å². The second-order valence-corrected chi connectivity index (χ2v) is 5.82. The number of aliphatic carboxylic acids is 1. The van der Waals surface area contributed by atoms with Crippen LogP contribution in [0.2, 0.25) is 0 Å². The summed E-state index contributed by atoms with van der Waals surface area (Å²) in [6, 6.07) is -0.489. The molecule has 120 valence electrons. The summed E-state index contributed by atoms with van der Waals surface area (Å²) in [5, 5.41) is 8.98. The standard InChI is InChI=1S/C13H19F3N2O3/c1-2-17(7-9-3-4-9)11(21)18-6-5-12(8-18,10(19)20)13(14,15)16/h9H,2-8H2,1H3,(H,19,20). The number of carbonyl (C=O) groups is 2. The fourth-order valence-corrected chi connectivity index (χ4v) is 2.65. The molecule has 21 heavy (non-hydrogen) atoms. The van der Waals surface area contributed by atoms with Crippen molar-refractivity contribution >= 4 is 12.0 Å². The molecule has 1 saturated carbocycles. The lowest BCUT2D eigenvalue weighted by Crippen LogP contribution is -2.49. The zero-order valence-electron chi connectivity index (χ0n) is 11.8. The van der Waals surface area contributed by atoms with E-state index in [0.29, 0.717) is 19.0 Å². The van der Waals surface area contributed by atoms with Gasteiger partial charge in [-0.3, -0.25) is 4.79 Å². The number of carboxylic acids is 1. The van der Waals surface area contributed by atoms with Crippen molar-refractivity contribution in [2.24, 2.45) is 11.3 Å². The zero-order valence-corrected chi connectivity index (χ0v) is 11.8. The van der Waals surface area contributed by atoms with Gasteiger partial charge in [0.1, 0.15) is 0 Å². The van der Waals surface area contributed by atoms with Gasteiger partial charge in [0.25, 0.3) is 0 Å². The fourth-order valence-electron chi connectivity index (χ4n) is 2.65. The fraction of sp³-hybridized carbons (Fsp3) is 0.846. The van der Waals surface area contributed by atoms with Crippen molar-refractivity contribution in [2.75, 3.05) is 26.2 Å². The topological polar surface area (TPSA) is 60.9 Å². The Kier molecular flexibility index (Phi) is 4.08. The van der Waals surface area contributed by atoms with Crippen molar-refractivity contribution in [1.82, 2.24) is 9.80 Å². The Labute approximate surface area is 120 Å². The third kappa shape index (κ3) is 2.94. The van der Waals surface area contributed by atoms with E-state index in [2.05, 4.69) is 0 Å². The van der Waals surface area contributed by atoms with Crippen molar-refractivity contribution < 1.29 is 27.9 Å². The van der Waals surface area contributed by atoms with E-state index in [4.69, 9.17) is 5.11 Å². The molecule has 0 aromatic rings. The van der Waals surface area contributed by atoms with Gasteiger partial charge in [0, 0.05) is 26.2 Å². The Morgan fingerprint density at radius 1 is 1.38 bits per heavy atom. The first-order valence-electron chi connectivity index (χ1n) is 7.05. The first kappa shape index (κ1) is 15.9. The molecule has 2 amide bonds. The van der Waals surface area contributed by atoms with Gasteiger partial charge in [-0.2, -0.15) is 13.2 Å². The molecule has 2 aliphatic rings. The Bertz CT molecular complexity index is 437. The van der Waals surface area contributed by atoms with E-state index in [-0.39, 0.29) is 6.54 Å². The minimum atomic E-state index is -4.86. The third-order valence-electron chi connectivity index (χ3n) is 4.32. The largest absolute Gasteiger partial charge is 0.481 e. The molecule has 1 atom stereocenters. The van der Waals surface area contributed by atoms with E-state index in [0.717, 1.165) is 17.7 Å². The van der Waals surface area contributed by atoms with Crippen molar-refractivity contribution in [2.45, 2.75) is 32.4 Å². The van der Waals surface area contributed by atoms with E-state index in [9.17, 15) is 22.8 Å². The number of rotatable bonds is 4. The first-order chi connectivity index (χ1) is 9.71. The van der Waals surface area contributed by atoms with Crippen LogP contribution in [0, 0.1) is 11.3 Å². The van der Waals surface area contributed by atoms with Gasteiger partial charge >= 0.3 is 18.2 Å². The molecule has 1 N–H and O–H groups in total. The van der Waals surface area contributed by atoms with Gasteiger partial charge in [-0.1, -0.05) is 0 Å². The van der Waals surface area contributed by atoms with Crippen molar-refractivity contribution in [3.05, 3.63) is 0 Å².